The Labute approximate surface area is 116 Å². The first-order chi connectivity index (χ1) is 9.58. The van der Waals surface area contributed by atoms with Crippen molar-refractivity contribution in [1.82, 2.24) is 0 Å². The smallest absolute Gasteiger partial charge is 0.379 e. The van der Waals surface area contributed by atoms with Crippen LogP contribution in [0.5, 0.6) is 0 Å². The molecule has 0 amide bonds. The molecule has 0 heterocycles. The number of ether oxygens (including phenoxy) is 2. The van der Waals surface area contributed by atoms with Gasteiger partial charge in [-0.3, -0.25) is 9.59 Å². The van der Waals surface area contributed by atoms with Crippen LogP contribution in [0.1, 0.15) is 29.3 Å². The van der Waals surface area contributed by atoms with Crippen LogP contribution in [-0.2, 0) is 19.1 Å². The number of ketones is 1. The SMILES string of the molecule is CCOC(=O)C(=O)c1ccc(C#CCC(=O)OC)cc1. The van der Waals surface area contributed by atoms with E-state index in [1.807, 2.05) is 0 Å². The first-order valence-electron chi connectivity index (χ1n) is 5.95. The Morgan fingerprint density at radius 2 is 1.80 bits per heavy atom. The summed E-state index contributed by atoms with van der Waals surface area (Å²) >= 11 is 0. The molecule has 0 spiro atoms. The van der Waals surface area contributed by atoms with Crippen LogP contribution in [0.2, 0.25) is 0 Å². The second-order valence-corrected chi connectivity index (χ2v) is 3.68. The highest BCUT2D eigenvalue weighted by atomic mass is 16.5. The molecule has 0 N–H and O–H groups in total. The van der Waals surface area contributed by atoms with E-state index in [1.54, 1.807) is 19.1 Å². The summed E-state index contributed by atoms with van der Waals surface area (Å²) in [6, 6.07) is 6.16. The Balaban J connectivity index is 2.71. The molecule has 0 radical (unpaired) electrons. The second kappa shape index (κ2) is 7.74. The van der Waals surface area contributed by atoms with E-state index in [1.165, 1.54) is 19.2 Å². The van der Waals surface area contributed by atoms with Gasteiger partial charge in [0.2, 0.25) is 0 Å². The molecular weight excluding hydrogens is 260 g/mol. The first-order valence-corrected chi connectivity index (χ1v) is 5.95. The standard InChI is InChI=1S/C15H14O5/c1-3-20-15(18)14(17)12-9-7-11(8-10-12)5-4-6-13(16)19-2/h7-10H,3,6H2,1-2H3. The van der Waals surface area contributed by atoms with Crippen molar-refractivity contribution in [2.75, 3.05) is 13.7 Å². The van der Waals surface area contributed by atoms with Crippen molar-refractivity contribution in [3.05, 3.63) is 35.4 Å². The molecule has 20 heavy (non-hydrogen) atoms. The van der Waals surface area contributed by atoms with E-state index >= 15 is 0 Å². The predicted molar refractivity (Wildman–Crippen MR) is 70.9 cm³/mol. The fourth-order valence-corrected chi connectivity index (χ4v) is 1.31. The topological polar surface area (TPSA) is 69.7 Å². The van der Waals surface area contributed by atoms with Crippen LogP contribution in [-0.4, -0.2) is 31.4 Å². The zero-order valence-electron chi connectivity index (χ0n) is 11.3. The van der Waals surface area contributed by atoms with E-state index in [0.717, 1.165) is 0 Å². The van der Waals surface area contributed by atoms with E-state index in [2.05, 4.69) is 21.3 Å². The van der Waals surface area contributed by atoms with Crippen LogP contribution in [0.15, 0.2) is 24.3 Å². The largest absolute Gasteiger partial charge is 0.468 e. The molecule has 0 saturated heterocycles. The van der Waals surface area contributed by atoms with Crippen molar-refractivity contribution in [2.45, 2.75) is 13.3 Å². The maximum absolute atomic E-state index is 11.6. The van der Waals surface area contributed by atoms with Gasteiger partial charge in [0.25, 0.3) is 5.78 Å². The highest BCUT2D eigenvalue weighted by Crippen LogP contribution is 2.05. The summed E-state index contributed by atoms with van der Waals surface area (Å²) in [7, 11) is 1.29. The normalized spacial score (nSPS) is 9.10. The summed E-state index contributed by atoms with van der Waals surface area (Å²) in [5.74, 6) is 3.41. The molecule has 104 valence electrons. The monoisotopic (exact) mass is 274 g/mol. The molecular formula is C15H14O5. The number of carbonyl (C=O) groups excluding carboxylic acids is 3. The average molecular weight is 274 g/mol. The summed E-state index contributed by atoms with van der Waals surface area (Å²) in [5.41, 5.74) is 0.872. The van der Waals surface area contributed by atoms with Crippen molar-refractivity contribution in [1.29, 1.82) is 0 Å². The quantitative estimate of drug-likeness (QED) is 0.359. The van der Waals surface area contributed by atoms with E-state index in [9.17, 15) is 14.4 Å². The fraction of sp³-hybridized carbons (Fsp3) is 0.267. The second-order valence-electron chi connectivity index (χ2n) is 3.68. The predicted octanol–water partition coefficient (Wildman–Crippen LogP) is 1.35. The van der Waals surface area contributed by atoms with E-state index in [0.29, 0.717) is 5.56 Å². The lowest BCUT2D eigenvalue weighted by Gasteiger charge is -2.00. The van der Waals surface area contributed by atoms with E-state index in [4.69, 9.17) is 0 Å². The molecule has 0 aliphatic carbocycles. The third-order valence-electron chi connectivity index (χ3n) is 2.30. The Kier molecular flexibility index (Phi) is 5.98. The van der Waals surface area contributed by atoms with Gasteiger partial charge in [0.05, 0.1) is 13.7 Å². The van der Waals surface area contributed by atoms with Crippen molar-refractivity contribution in [3.63, 3.8) is 0 Å². The lowest BCUT2D eigenvalue weighted by Crippen LogP contribution is -2.17. The number of Topliss-reactive ketones (excluding diaryl/α,β-unsaturated/α-hetero) is 1. The maximum atomic E-state index is 11.6. The van der Waals surface area contributed by atoms with Gasteiger partial charge in [0, 0.05) is 11.1 Å². The van der Waals surface area contributed by atoms with Gasteiger partial charge in [-0.25, -0.2) is 4.79 Å². The van der Waals surface area contributed by atoms with Crippen LogP contribution in [0.3, 0.4) is 0 Å². The molecule has 0 bridgehead atoms. The van der Waals surface area contributed by atoms with Crippen molar-refractivity contribution >= 4 is 17.7 Å². The van der Waals surface area contributed by atoms with Gasteiger partial charge in [0.1, 0.15) is 6.42 Å². The molecule has 0 saturated carbocycles. The number of hydrogen-bond acceptors (Lipinski definition) is 5. The lowest BCUT2D eigenvalue weighted by molar-refractivity contribution is -0.139. The third-order valence-corrected chi connectivity index (χ3v) is 2.30. The number of methoxy groups -OCH3 is 1. The van der Waals surface area contributed by atoms with E-state index < -0.39 is 17.7 Å². The van der Waals surface area contributed by atoms with Gasteiger partial charge < -0.3 is 9.47 Å². The van der Waals surface area contributed by atoms with Gasteiger partial charge in [-0.1, -0.05) is 11.8 Å². The molecule has 5 heteroatoms. The van der Waals surface area contributed by atoms with Crippen molar-refractivity contribution < 1.29 is 23.9 Å². The molecule has 5 nitrogen and oxygen atoms in total. The number of benzene rings is 1. The Morgan fingerprint density at radius 1 is 1.15 bits per heavy atom. The number of carbonyl (C=O) groups is 3. The molecule has 0 aromatic heterocycles. The van der Waals surface area contributed by atoms with Gasteiger partial charge in [0.15, 0.2) is 0 Å². The van der Waals surface area contributed by atoms with Crippen LogP contribution in [0, 0.1) is 11.8 Å². The fourth-order valence-electron chi connectivity index (χ4n) is 1.31. The number of rotatable bonds is 4. The van der Waals surface area contributed by atoms with Gasteiger partial charge in [-0.05, 0) is 31.2 Å². The zero-order valence-corrected chi connectivity index (χ0v) is 11.3. The summed E-state index contributed by atoms with van der Waals surface area (Å²) in [5, 5.41) is 0. The molecule has 0 atom stereocenters. The Bertz CT molecular complexity index is 560. The molecule has 1 aromatic carbocycles. The highest BCUT2D eigenvalue weighted by Gasteiger charge is 2.16. The van der Waals surface area contributed by atoms with Crippen LogP contribution < -0.4 is 0 Å². The minimum absolute atomic E-state index is 0.00000785. The van der Waals surface area contributed by atoms with Crippen LogP contribution in [0.25, 0.3) is 0 Å². The highest BCUT2D eigenvalue weighted by molar-refractivity contribution is 6.40. The average Bonchev–Trinajstić information content (AvgIpc) is 2.47. The molecule has 0 aliphatic heterocycles. The summed E-state index contributed by atoms with van der Waals surface area (Å²) in [4.78, 5) is 33.7. The first kappa shape index (κ1) is 15.4. The van der Waals surface area contributed by atoms with Gasteiger partial charge >= 0.3 is 11.9 Å². The molecule has 1 aromatic rings. The number of hydrogen-bond donors (Lipinski definition) is 0. The van der Waals surface area contributed by atoms with Crippen molar-refractivity contribution in [3.8, 4) is 11.8 Å². The summed E-state index contributed by atoms with van der Waals surface area (Å²) in [6.45, 7) is 1.78. The Morgan fingerprint density at radius 3 is 2.35 bits per heavy atom. The minimum Gasteiger partial charge on any atom is -0.468 e. The van der Waals surface area contributed by atoms with Crippen molar-refractivity contribution in [2.24, 2.45) is 0 Å². The Hall–Kier alpha value is -2.61. The summed E-state index contributed by atoms with van der Waals surface area (Å²) < 4.78 is 9.07. The molecule has 0 aliphatic rings. The number of esters is 2. The molecule has 1 rings (SSSR count). The lowest BCUT2D eigenvalue weighted by atomic mass is 10.1. The van der Waals surface area contributed by atoms with Gasteiger partial charge in [-0.15, -0.1) is 0 Å². The van der Waals surface area contributed by atoms with Crippen LogP contribution in [0.4, 0.5) is 0 Å². The van der Waals surface area contributed by atoms with Gasteiger partial charge in [-0.2, -0.15) is 0 Å². The molecule has 0 unspecified atom stereocenters. The maximum Gasteiger partial charge on any atom is 0.379 e. The van der Waals surface area contributed by atoms with E-state index in [-0.39, 0.29) is 18.6 Å². The summed E-state index contributed by atoms with van der Waals surface area (Å²) in [6.07, 6.45) is 0.00000785. The molecule has 0 fully saturated rings. The zero-order chi connectivity index (χ0) is 15.0. The third kappa shape index (κ3) is 4.58. The van der Waals surface area contributed by atoms with Crippen LogP contribution >= 0.6 is 0 Å². The minimum atomic E-state index is -0.878.